The highest BCUT2D eigenvalue weighted by Gasteiger charge is 2.37. The summed E-state index contributed by atoms with van der Waals surface area (Å²) in [5, 5.41) is 4.08. The highest BCUT2D eigenvalue weighted by molar-refractivity contribution is 5.97. The topological polar surface area (TPSA) is 66.7 Å². The Balaban J connectivity index is 2.01. The number of hydrogen-bond acceptors (Lipinski definition) is 4. The lowest BCUT2D eigenvalue weighted by atomic mass is 10.00. The van der Waals surface area contributed by atoms with Gasteiger partial charge in [0, 0.05) is 33.5 Å². The fourth-order valence-electron chi connectivity index (χ4n) is 2.95. The van der Waals surface area contributed by atoms with Crippen molar-refractivity contribution in [2.75, 3.05) is 20.1 Å². The Labute approximate surface area is 111 Å². The molecule has 1 aromatic heterocycles. The van der Waals surface area contributed by atoms with Crippen LogP contribution in [0, 0.1) is 0 Å². The molecule has 2 amide bonds. The second kappa shape index (κ2) is 4.36. The number of likely N-dealkylation sites (tertiary alicyclic amines) is 1. The van der Waals surface area contributed by atoms with Gasteiger partial charge in [0.1, 0.15) is 11.3 Å². The molecule has 3 rings (SSSR count). The fraction of sp³-hybridized carbons (Fsp3) is 0.615. The van der Waals surface area contributed by atoms with Crippen molar-refractivity contribution >= 4 is 11.8 Å². The van der Waals surface area contributed by atoms with Crippen molar-refractivity contribution in [3.63, 3.8) is 0 Å². The van der Waals surface area contributed by atoms with Crippen LogP contribution in [0.4, 0.5) is 0 Å². The SMILES string of the molecule is CC(=O)N1CCCC1c1noc2c1C(=O)N(C)CC2. The Morgan fingerprint density at radius 2 is 2.21 bits per heavy atom. The van der Waals surface area contributed by atoms with Gasteiger partial charge in [0.2, 0.25) is 5.91 Å². The maximum absolute atomic E-state index is 12.3. The molecule has 0 radical (unpaired) electrons. The maximum Gasteiger partial charge on any atom is 0.259 e. The molecule has 2 aliphatic rings. The van der Waals surface area contributed by atoms with Gasteiger partial charge >= 0.3 is 0 Å². The third-order valence-corrected chi connectivity index (χ3v) is 4.00. The lowest BCUT2D eigenvalue weighted by Gasteiger charge is -2.25. The monoisotopic (exact) mass is 263 g/mol. The Morgan fingerprint density at radius 1 is 1.42 bits per heavy atom. The quantitative estimate of drug-likeness (QED) is 0.757. The van der Waals surface area contributed by atoms with E-state index < -0.39 is 0 Å². The average molecular weight is 263 g/mol. The molecule has 2 aliphatic heterocycles. The zero-order valence-corrected chi connectivity index (χ0v) is 11.2. The molecule has 102 valence electrons. The molecule has 6 heteroatoms. The van der Waals surface area contributed by atoms with Crippen molar-refractivity contribution in [2.45, 2.75) is 32.2 Å². The van der Waals surface area contributed by atoms with E-state index in [2.05, 4.69) is 5.16 Å². The van der Waals surface area contributed by atoms with Gasteiger partial charge in [0.25, 0.3) is 5.91 Å². The minimum atomic E-state index is -0.111. The van der Waals surface area contributed by atoms with Gasteiger partial charge in [-0.25, -0.2) is 0 Å². The molecule has 1 saturated heterocycles. The van der Waals surface area contributed by atoms with Crippen LogP contribution in [0.2, 0.25) is 0 Å². The standard InChI is InChI=1S/C13H17N3O3/c1-8(17)16-6-3-4-9(16)12-11-10(19-14-12)5-7-15(2)13(11)18/h9H,3-7H2,1-2H3. The van der Waals surface area contributed by atoms with Crippen LogP contribution in [0.3, 0.4) is 0 Å². The number of amides is 2. The fourth-order valence-corrected chi connectivity index (χ4v) is 2.95. The van der Waals surface area contributed by atoms with E-state index in [1.807, 2.05) is 0 Å². The zero-order chi connectivity index (χ0) is 13.6. The molecule has 0 aliphatic carbocycles. The van der Waals surface area contributed by atoms with Crippen LogP contribution in [-0.4, -0.2) is 46.9 Å². The number of carbonyl (C=O) groups excluding carboxylic acids is 2. The van der Waals surface area contributed by atoms with Gasteiger partial charge in [-0.15, -0.1) is 0 Å². The third kappa shape index (κ3) is 1.82. The van der Waals surface area contributed by atoms with E-state index in [4.69, 9.17) is 4.52 Å². The first-order valence-corrected chi connectivity index (χ1v) is 6.60. The minimum Gasteiger partial charge on any atom is -0.360 e. The Morgan fingerprint density at radius 3 is 2.95 bits per heavy atom. The molecule has 0 bridgehead atoms. The summed E-state index contributed by atoms with van der Waals surface area (Å²) in [6, 6.07) is -0.111. The third-order valence-electron chi connectivity index (χ3n) is 4.00. The van der Waals surface area contributed by atoms with E-state index in [0.717, 1.165) is 19.4 Å². The lowest BCUT2D eigenvalue weighted by Crippen LogP contribution is -2.35. The Bertz CT molecular complexity index is 537. The van der Waals surface area contributed by atoms with Crippen LogP contribution in [0.25, 0.3) is 0 Å². The van der Waals surface area contributed by atoms with Crippen LogP contribution < -0.4 is 0 Å². The summed E-state index contributed by atoms with van der Waals surface area (Å²) in [6.45, 7) is 2.94. The van der Waals surface area contributed by atoms with E-state index in [0.29, 0.717) is 30.0 Å². The van der Waals surface area contributed by atoms with Crippen molar-refractivity contribution in [2.24, 2.45) is 0 Å². The van der Waals surface area contributed by atoms with Gasteiger partial charge in [0.05, 0.1) is 6.04 Å². The smallest absolute Gasteiger partial charge is 0.259 e. The van der Waals surface area contributed by atoms with Crippen molar-refractivity contribution in [1.82, 2.24) is 15.0 Å². The molecule has 1 fully saturated rings. The summed E-state index contributed by atoms with van der Waals surface area (Å²) in [4.78, 5) is 27.3. The van der Waals surface area contributed by atoms with Crippen LogP contribution in [0.15, 0.2) is 4.52 Å². The van der Waals surface area contributed by atoms with Crippen molar-refractivity contribution < 1.29 is 14.1 Å². The molecule has 0 saturated carbocycles. The zero-order valence-electron chi connectivity index (χ0n) is 11.2. The van der Waals surface area contributed by atoms with E-state index >= 15 is 0 Å². The van der Waals surface area contributed by atoms with E-state index in [-0.39, 0.29) is 17.9 Å². The second-order valence-corrected chi connectivity index (χ2v) is 5.21. The van der Waals surface area contributed by atoms with Crippen LogP contribution >= 0.6 is 0 Å². The van der Waals surface area contributed by atoms with Gasteiger partial charge in [-0.2, -0.15) is 0 Å². The van der Waals surface area contributed by atoms with E-state index in [1.165, 1.54) is 0 Å². The van der Waals surface area contributed by atoms with Crippen molar-refractivity contribution in [1.29, 1.82) is 0 Å². The first kappa shape index (κ1) is 12.2. The van der Waals surface area contributed by atoms with Crippen molar-refractivity contribution in [3.05, 3.63) is 17.0 Å². The highest BCUT2D eigenvalue weighted by Crippen LogP contribution is 2.35. The molecular formula is C13H17N3O3. The maximum atomic E-state index is 12.3. The predicted molar refractivity (Wildman–Crippen MR) is 66.5 cm³/mol. The average Bonchev–Trinajstić information content (AvgIpc) is 2.99. The highest BCUT2D eigenvalue weighted by atomic mass is 16.5. The van der Waals surface area contributed by atoms with Gasteiger partial charge in [-0.3, -0.25) is 9.59 Å². The Kier molecular flexibility index (Phi) is 2.80. The molecule has 1 unspecified atom stereocenters. The van der Waals surface area contributed by atoms with E-state index in [1.54, 1.807) is 23.8 Å². The molecule has 0 spiro atoms. The molecule has 1 aromatic rings. The van der Waals surface area contributed by atoms with Gasteiger partial charge in [-0.05, 0) is 12.8 Å². The number of carbonyl (C=O) groups is 2. The number of nitrogens with zero attached hydrogens (tertiary/aromatic N) is 3. The number of aromatic nitrogens is 1. The second-order valence-electron chi connectivity index (χ2n) is 5.21. The summed E-state index contributed by atoms with van der Waals surface area (Å²) in [6.07, 6.45) is 2.48. The first-order chi connectivity index (χ1) is 9.09. The van der Waals surface area contributed by atoms with Crippen molar-refractivity contribution in [3.8, 4) is 0 Å². The predicted octanol–water partition coefficient (Wildman–Crippen LogP) is 0.986. The summed E-state index contributed by atoms with van der Waals surface area (Å²) < 4.78 is 5.31. The number of rotatable bonds is 1. The number of likely N-dealkylation sites (N-methyl/N-ethyl adjacent to an activating group) is 1. The first-order valence-electron chi connectivity index (χ1n) is 6.60. The minimum absolute atomic E-state index is 0.0239. The van der Waals surface area contributed by atoms with Gasteiger partial charge < -0.3 is 14.3 Å². The van der Waals surface area contributed by atoms with Gasteiger partial charge in [0.15, 0.2) is 5.76 Å². The van der Waals surface area contributed by atoms with Crippen LogP contribution in [-0.2, 0) is 11.2 Å². The molecule has 0 aromatic carbocycles. The summed E-state index contributed by atoms with van der Waals surface area (Å²) >= 11 is 0. The number of fused-ring (bicyclic) bond motifs is 1. The molecule has 0 N–H and O–H groups in total. The summed E-state index contributed by atoms with van der Waals surface area (Å²) in [7, 11) is 1.78. The molecule has 19 heavy (non-hydrogen) atoms. The molecule has 3 heterocycles. The van der Waals surface area contributed by atoms with E-state index in [9.17, 15) is 9.59 Å². The van der Waals surface area contributed by atoms with Crippen LogP contribution in [0.1, 0.15) is 47.6 Å². The number of hydrogen-bond donors (Lipinski definition) is 0. The normalized spacial score (nSPS) is 22.8. The largest absolute Gasteiger partial charge is 0.360 e. The molecular weight excluding hydrogens is 246 g/mol. The van der Waals surface area contributed by atoms with Gasteiger partial charge in [-0.1, -0.05) is 5.16 Å². The molecule has 1 atom stereocenters. The lowest BCUT2D eigenvalue weighted by molar-refractivity contribution is -0.129. The summed E-state index contributed by atoms with van der Waals surface area (Å²) in [5.41, 5.74) is 1.21. The Hall–Kier alpha value is -1.85. The summed E-state index contributed by atoms with van der Waals surface area (Å²) in [5.74, 6) is 0.636. The molecule has 6 nitrogen and oxygen atoms in total. The van der Waals surface area contributed by atoms with Crippen LogP contribution in [0.5, 0.6) is 0 Å².